The highest BCUT2D eigenvalue weighted by Crippen LogP contribution is 2.31. The van der Waals surface area contributed by atoms with Crippen molar-refractivity contribution in [1.82, 2.24) is 40.5 Å². The minimum absolute atomic E-state index is 0.296. The van der Waals surface area contributed by atoms with E-state index in [9.17, 15) is 4.39 Å². The summed E-state index contributed by atoms with van der Waals surface area (Å²) in [5.74, 6) is 2.99. The second kappa shape index (κ2) is 34.0. The van der Waals surface area contributed by atoms with Gasteiger partial charge in [0, 0.05) is 89.5 Å². The van der Waals surface area contributed by atoms with E-state index in [1.807, 2.05) is 30.4 Å². The van der Waals surface area contributed by atoms with Gasteiger partial charge in [0.25, 0.3) is 0 Å². The van der Waals surface area contributed by atoms with E-state index in [-0.39, 0.29) is 5.82 Å². The smallest absolute Gasteiger partial charge is 0.196 e. The van der Waals surface area contributed by atoms with E-state index in [0.717, 1.165) is 50.3 Å². The van der Waals surface area contributed by atoms with E-state index in [2.05, 4.69) is 229 Å². The molecule has 3 aromatic heterocycles. The number of nitrogens with zero attached hydrogens (tertiary/aromatic N) is 6. The van der Waals surface area contributed by atoms with Gasteiger partial charge < -0.3 is 41.5 Å². The molecular weight excluding hydrogens is 1210 g/mol. The molecular formula is C68H80BrCl2FN14S. The largest absolute Gasteiger partial charge is 0.354 e. The van der Waals surface area contributed by atoms with E-state index < -0.39 is 0 Å². The van der Waals surface area contributed by atoms with Gasteiger partial charge in [0.15, 0.2) is 17.1 Å². The third-order valence-electron chi connectivity index (χ3n) is 15.1. The summed E-state index contributed by atoms with van der Waals surface area (Å²) in [6, 6.07) is 35.9. The van der Waals surface area contributed by atoms with E-state index in [4.69, 9.17) is 23.2 Å². The van der Waals surface area contributed by atoms with Crippen molar-refractivity contribution in [1.29, 1.82) is 0 Å². The molecule has 0 bridgehead atoms. The van der Waals surface area contributed by atoms with Crippen molar-refractivity contribution in [3.8, 4) is 0 Å². The van der Waals surface area contributed by atoms with Gasteiger partial charge in [0.05, 0.1) is 53.5 Å². The molecule has 3 aliphatic rings. The summed E-state index contributed by atoms with van der Waals surface area (Å²) < 4.78 is 14.0. The van der Waals surface area contributed by atoms with Crippen molar-refractivity contribution in [2.75, 3.05) is 54.4 Å². The average molecular weight is 1300 g/mol. The zero-order chi connectivity index (χ0) is 62.2. The number of aromatic nitrogens is 6. The van der Waals surface area contributed by atoms with Crippen LogP contribution in [0.4, 0.5) is 21.5 Å². The van der Waals surface area contributed by atoms with Gasteiger partial charge in [-0.3, -0.25) is 15.0 Å². The molecule has 0 radical (unpaired) electrons. The van der Waals surface area contributed by atoms with Crippen LogP contribution < -0.4 is 26.6 Å². The summed E-state index contributed by atoms with van der Waals surface area (Å²) in [4.78, 5) is 34.4. The van der Waals surface area contributed by atoms with E-state index in [1.165, 1.54) is 102 Å². The quantitative estimate of drug-likeness (QED) is 0.0697. The lowest BCUT2D eigenvalue weighted by molar-refractivity contribution is 0.631. The number of halogens is 4. The van der Waals surface area contributed by atoms with Gasteiger partial charge in [0.2, 0.25) is 0 Å². The van der Waals surface area contributed by atoms with Crippen molar-refractivity contribution in [2.24, 2.45) is 15.0 Å². The number of aryl methyl sites for hydroxylation is 5. The number of aromatic amines is 3. The van der Waals surface area contributed by atoms with Gasteiger partial charge in [0.1, 0.15) is 5.82 Å². The molecule has 2 atom stereocenters. The maximum Gasteiger partial charge on any atom is 0.196 e. The normalized spacial score (nSPS) is 13.6. The summed E-state index contributed by atoms with van der Waals surface area (Å²) in [7, 11) is 0. The maximum atomic E-state index is 13.3. The van der Waals surface area contributed by atoms with Crippen molar-refractivity contribution >= 4 is 85.0 Å². The van der Waals surface area contributed by atoms with Gasteiger partial charge >= 0.3 is 0 Å². The van der Waals surface area contributed by atoms with Crippen molar-refractivity contribution in [3.63, 3.8) is 0 Å². The number of aliphatic imine (C=N–C) groups is 3. The molecule has 12 rings (SSSR count). The van der Waals surface area contributed by atoms with Crippen LogP contribution in [0, 0.1) is 61.2 Å². The predicted molar refractivity (Wildman–Crippen MR) is 369 cm³/mol. The molecule has 6 heterocycles. The second-order valence-electron chi connectivity index (χ2n) is 21.2. The Bertz CT molecular complexity index is 3480. The highest BCUT2D eigenvalue weighted by Gasteiger charge is 2.16. The van der Waals surface area contributed by atoms with Gasteiger partial charge in [-0.25, -0.2) is 19.3 Å². The molecule has 9 aromatic rings. The third kappa shape index (κ3) is 19.9. The van der Waals surface area contributed by atoms with E-state index >= 15 is 0 Å². The van der Waals surface area contributed by atoms with Crippen LogP contribution in [0.15, 0.2) is 166 Å². The Morgan fingerprint density at radius 2 is 1.01 bits per heavy atom. The minimum Gasteiger partial charge on any atom is -0.354 e. The Morgan fingerprint density at radius 3 is 1.49 bits per heavy atom. The number of para-hydroxylation sites is 3. The highest BCUT2D eigenvalue weighted by atomic mass is 79.9. The van der Waals surface area contributed by atoms with Crippen LogP contribution in [0.1, 0.15) is 110 Å². The van der Waals surface area contributed by atoms with Crippen LogP contribution in [0.25, 0.3) is 0 Å². The Balaban J connectivity index is 0.000000149. The number of guanidine groups is 2. The maximum absolute atomic E-state index is 13.3. The van der Waals surface area contributed by atoms with Crippen molar-refractivity contribution in [3.05, 3.63) is 245 Å². The van der Waals surface area contributed by atoms with Gasteiger partial charge in [-0.1, -0.05) is 134 Å². The lowest BCUT2D eigenvalue weighted by atomic mass is 9.92. The Morgan fingerprint density at radius 1 is 0.529 bits per heavy atom. The first-order valence-electron chi connectivity index (χ1n) is 29.1. The molecule has 19 heteroatoms. The van der Waals surface area contributed by atoms with Crippen molar-refractivity contribution < 1.29 is 4.39 Å². The molecule has 1 unspecified atom stereocenters. The van der Waals surface area contributed by atoms with Gasteiger partial charge in [-0.15, -0.1) is 0 Å². The van der Waals surface area contributed by atoms with Crippen LogP contribution in [-0.2, 0) is 6.42 Å². The first-order valence-corrected chi connectivity index (χ1v) is 31.6. The molecule has 3 aliphatic heterocycles. The summed E-state index contributed by atoms with van der Waals surface area (Å²) >= 11 is 17.0. The first kappa shape index (κ1) is 66.8. The third-order valence-corrected chi connectivity index (χ3v) is 17.4. The fourth-order valence-electron chi connectivity index (χ4n) is 9.51. The van der Waals surface area contributed by atoms with Crippen LogP contribution in [0.2, 0.25) is 10.0 Å². The summed E-state index contributed by atoms with van der Waals surface area (Å²) in [5.41, 5.74) is 20.7. The average Bonchev–Trinajstić information content (AvgIpc) is 4.59. The summed E-state index contributed by atoms with van der Waals surface area (Å²) in [5, 5.41) is 17.7. The molecule has 0 aliphatic carbocycles. The number of imidazole rings is 3. The number of nitrogens with one attached hydrogen (secondary N) is 8. The minimum atomic E-state index is -0.296. The molecule has 6 aromatic carbocycles. The molecule has 0 amide bonds. The number of hydrogen-bond acceptors (Lipinski definition) is 12. The number of H-pyrrole nitrogens is 3. The van der Waals surface area contributed by atoms with Crippen LogP contribution >= 0.6 is 50.9 Å². The molecule has 8 N–H and O–H groups in total. The predicted octanol–water partition coefficient (Wildman–Crippen LogP) is 16.5. The Kier molecular flexibility index (Phi) is 26.1. The second-order valence-corrected chi connectivity index (χ2v) is 23.9. The number of amidine groups is 1. The Hall–Kier alpha value is -7.70. The fourth-order valence-corrected chi connectivity index (χ4v) is 11.3. The molecule has 14 nitrogen and oxygen atoms in total. The number of rotatable bonds is 9. The lowest BCUT2D eigenvalue weighted by Crippen LogP contribution is -2.26. The van der Waals surface area contributed by atoms with Gasteiger partial charge in [-0.05, 0) is 163 Å². The first-order chi connectivity index (χ1) is 42.0. The Labute approximate surface area is 535 Å². The summed E-state index contributed by atoms with van der Waals surface area (Å²) in [6.45, 7) is 25.8. The molecule has 87 heavy (non-hydrogen) atoms. The van der Waals surface area contributed by atoms with Crippen LogP contribution in [-0.4, -0.2) is 85.5 Å². The standard InChI is InChI=1S/2C13H16N2.C12H16N2S.C12H14N2.C9H9BrFN3.C9H9Cl2N3/c2*1-9-5-4-6-12(10(9)2)11(3)13-7-14-8-15-13;1-9-5-3-6-10(2)11(9)14-12-13-7-4-8-15-12;1-9-4-3-5-11(10(9)2)6-12-7-13-8-14-12;2*10-6-2-1-3-7(11)8(6)14-9-12-4-5-13-9/h2*4-8,11H,1-3H3,(H,14,15);3,5-6H,4,7-8H2,1-2H3,(H,13,14);3-5,7-8H,6H2,1-2H3,(H,13,14);2*1-3H,4-5H2,(H2,12,13,14)/t11-;;;;;/m0...../s1. The molecule has 456 valence electrons. The fraction of sp³-hybridized carbons (Fsp3) is 0.294. The molecule has 0 saturated heterocycles. The van der Waals surface area contributed by atoms with Gasteiger partial charge in [-0.2, -0.15) is 0 Å². The zero-order valence-electron chi connectivity index (χ0n) is 51.3. The topological polar surface area (TPSA) is 183 Å². The number of thioether (sulfide) groups is 1. The van der Waals surface area contributed by atoms with Crippen LogP contribution in [0.5, 0.6) is 0 Å². The van der Waals surface area contributed by atoms with E-state index in [1.54, 1.807) is 49.3 Å². The van der Waals surface area contributed by atoms with Crippen LogP contribution in [0.3, 0.4) is 0 Å². The molecule has 0 spiro atoms. The van der Waals surface area contributed by atoms with Crippen molar-refractivity contribution in [2.45, 2.75) is 93.9 Å². The highest BCUT2D eigenvalue weighted by molar-refractivity contribution is 9.10. The number of hydrogen-bond donors (Lipinski definition) is 8. The zero-order valence-corrected chi connectivity index (χ0v) is 55.2. The molecule has 0 fully saturated rings. The number of anilines is 3. The monoisotopic (exact) mass is 1290 g/mol. The number of benzene rings is 6. The molecule has 0 saturated carbocycles. The SMILES string of the molecule is Cc1cccc(C(C)c2cnc[nH]2)c1C.Cc1cccc(C)c1NC1=NCCCS1.Cc1cccc(Cc2cnc[nH]2)c1C.Cc1cccc([C@H](C)c2cnc[nH]2)c1C.Clc1cccc(Cl)c1NC1=NCCN1.Fc1cccc(Br)c1NC1=NCCN1. The van der Waals surface area contributed by atoms with E-state index in [0.29, 0.717) is 43.7 Å². The summed E-state index contributed by atoms with van der Waals surface area (Å²) in [6.07, 6.45) is 13.0. The lowest BCUT2D eigenvalue weighted by Gasteiger charge is -2.16.